The van der Waals surface area contributed by atoms with Gasteiger partial charge in [-0.3, -0.25) is 0 Å². The van der Waals surface area contributed by atoms with Crippen molar-refractivity contribution in [3.8, 4) is 5.75 Å². The summed E-state index contributed by atoms with van der Waals surface area (Å²) in [5, 5.41) is 0. The van der Waals surface area contributed by atoms with Gasteiger partial charge in [-0.25, -0.2) is 4.39 Å². The van der Waals surface area contributed by atoms with Gasteiger partial charge in [-0.2, -0.15) is 0 Å². The molecule has 0 atom stereocenters. The number of methoxy groups -OCH3 is 1. The van der Waals surface area contributed by atoms with Gasteiger partial charge < -0.3 is 15.4 Å². The number of rotatable bonds is 6. The zero-order chi connectivity index (χ0) is 15.2. The van der Waals surface area contributed by atoms with Crippen LogP contribution in [0.25, 0.3) is 0 Å². The molecule has 0 saturated heterocycles. The predicted octanol–water partition coefficient (Wildman–Crippen LogP) is 2.97. The van der Waals surface area contributed by atoms with E-state index in [0.717, 1.165) is 16.9 Å². The highest BCUT2D eigenvalue weighted by atomic mass is 19.1. The molecule has 2 aromatic carbocycles. The van der Waals surface area contributed by atoms with Crippen molar-refractivity contribution < 1.29 is 9.13 Å². The highest BCUT2D eigenvalue weighted by molar-refractivity contribution is 5.49. The number of hydrogen-bond acceptors (Lipinski definition) is 3. The molecular formula is C17H21FN2O. The van der Waals surface area contributed by atoms with Crippen LogP contribution in [0.2, 0.25) is 0 Å². The Morgan fingerprint density at radius 2 is 1.95 bits per heavy atom. The average molecular weight is 288 g/mol. The van der Waals surface area contributed by atoms with Gasteiger partial charge in [0.2, 0.25) is 0 Å². The van der Waals surface area contributed by atoms with Crippen molar-refractivity contribution in [2.24, 2.45) is 5.73 Å². The number of nitrogens with two attached hydrogens (primary N) is 1. The van der Waals surface area contributed by atoms with Gasteiger partial charge in [0, 0.05) is 13.6 Å². The van der Waals surface area contributed by atoms with Gasteiger partial charge >= 0.3 is 0 Å². The molecule has 0 amide bonds. The molecule has 0 aliphatic rings. The second kappa shape index (κ2) is 7.09. The summed E-state index contributed by atoms with van der Waals surface area (Å²) in [6, 6.07) is 13.1. The van der Waals surface area contributed by atoms with Gasteiger partial charge in [-0.05, 0) is 48.4 Å². The molecule has 2 N–H and O–H groups in total. The molecule has 0 unspecified atom stereocenters. The van der Waals surface area contributed by atoms with E-state index in [9.17, 15) is 4.39 Å². The zero-order valence-electron chi connectivity index (χ0n) is 12.5. The number of ether oxygens (including phenoxy) is 1. The summed E-state index contributed by atoms with van der Waals surface area (Å²) in [5.41, 5.74) is 8.07. The second-order valence-corrected chi connectivity index (χ2v) is 5.03. The molecule has 0 aliphatic heterocycles. The van der Waals surface area contributed by atoms with E-state index in [4.69, 9.17) is 10.5 Å². The minimum absolute atomic E-state index is 0.216. The maximum absolute atomic E-state index is 14.2. The third-order valence-electron chi connectivity index (χ3n) is 3.41. The van der Waals surface area contributed by atoms with Crippen LogP contribution in [0.1, 0.15) is 11.1 Å². The fourth-order valence-corrected chi connectivity index (χ4v) is 2.31. The Hall–Kier alpha value is -2.07. The number of benzene rings is 2. The fourth-order valence-electron chi connectivity index (χ4n) is 2.31. The molecule has 0 aromatic heterocycles. The molecule has 0 bridgehead atoms. The highest BCUT2D eigenvalue weighted by Crippen LogP contribution is 2.22. The highest BCUT2D eigenvalue weighted by Gasteiger charge is 2.09. The topological polar surface area (TPSA) is 38.5 Å². The van der Waals surface area contributed by atoms with E-state index in [1.807, 2.05) is 42.3 Å². The SMILES string of the molecule is COc1cccc(CN(C)c2ccc(CCN)cc2F)c1. The van der Waals surface area contributed by atoms with Gasteiger partial charge in [0.15, 0.2) is 0 Å². The Morgan fingerprint density at radius 1 is 1.14 bits per heavy atom. The zero-order valence-corrected chi connectivity index (χ0v) is 12.5. The van der Waals surface area contributed by atoms with Crippen molar-refractivity contribution in [1.29, 1.82) is 0 Å². The third kappa shape index (κ3) is 3.95. The Labute approximate surface area is 125 Å². The van der Waals surface area contributed by atoms with Crippen LogP contribution in [0.15, 0.2) is 42.5 Å². The van der Waals surface area contributed by atoms with Gasteiger partial charge in [0.25, 0.3) is 0 Å². The van der Waals surface area contributed by atoms with Crippen LogP contribution < -0.4 is 15.4 Å². The Morgan fingerprint density at radius 3 is 2.62 bits per heavy atom. The van der Waals surface area contributed by atoms with Crippen LogP contribution in [0, 0.1) is 5.82 Å². The van der Waals surface area contributed by atoms with Crippen LogP contribution in [0.3, 0.4) is 0 Å². The van der Waals surface area contributed by atoms with E-state index in [2.05, 4.69) is 0 Å². The van der Waals surface area contributed by atoms with Crippen molar-refractivity contribution in [2.75, 3.05) is 25.6 Å². The molecule has 2 rings (SSSR count). The first kappa shape index (κ1) is 15.3. The summed E-state index contributed by atoms with van der Waals surface area (Å²) in [6.07, 6.45) is 0.691. The maximum Gasteiger partial charge on any atom is 0.146 e. The van der Waals surface area contributed by atoms with Gasteiger partial charge in [0.05, 0.1) is 12.8 Å². The summed E-state index contributed by atoms with van der Waals surface area (Å²) >= 11 is 0. The second-order valence-electron chi connectivity index (χ2n) is 5.03. The molecule has 4 heteroatoms. The van der Waals surface area contributed by atoms with Crippen molar-refractivity contribution in [3.05, 3.63) is 59.4 Å². The first-order valence-electron chi connectivity index (χ1n) is 6.96. The lowest BCUT2D eigenvalue weighted by molar-refractivity contribution is 0.414. The van der Waals surface area contributed by atoms with E-state index >= 15 is 0 Å². The molecule has 112 valence electrons. The molecule has 0 saturated carbocycles. The van der Waals surface area contributed by atoms with Crippen molar-refractivity contribution in [2.45, 2.75) is 13.0 Å². The molecule has 0 heterocycles. The first-order valence-corrected chi connectivity index (χ1v) is 6.96. The first-order chi connectivity index (χ1) is 10.1. The summed E-state index contributed by atoms with van der Waals surface area (Å²) in [4.78, 5) is 1.89. The largest absolute Gasteiger partial charge is 0.497 e. The predicted molar refractivity (Wildman–Crippen MR) is 84.3 cm³/mol. The Bertz CT molecular complexity index is 601. The molecule has 0 fully saturated rings. The van der Waals surface area contributed by atoms with Crippen LogP contribution in [-0.4, -0.2) is 20.7 Å². The molecule has 21 heavy (non-hydrogen) atoms. The van der Waals surface area contributed by atoms with E-state index in [0.29, 0.717) is 25.2 Å². The van der Waals surface area contributed by atoms with E-state index in [1.54, 1.807) is 19.2 Å². The molecule has 2 aromatic rings. The normalized spacial score (nSPS) is 10.5. The summed E-state index contributed by atoms with van der Waals surface area (Å²) in [6.45, 7) is 1.14. The average Bonchev–Trinajstić information content (AvgIpc) is 2.47. The molecule has 0 radical (unpaired) electrons. The lowest BCUT2D eigenvalue weighted by Gasteiger charge is -2.21. The summed E-state index contributed by atoms with van der Waals surface area (Å²) < 4.78 is 19.4. The van der Waals surface area contributed by atoms with Gasteiger partial charge in [-0.15, -0.1) is 0 Å². The number of anilines is 1. The number of halogens is 1. The van der Waals surface area contributed by atoms with E-state index in [-0.39, 0.29) is 5.82 Å². The molecule has 0 spiro atoms. The lowest BCUT2D eigenvalue weighted by atomic mass is 10.1. The van der Waals surface area contributed by atoms with Crippen LogP contribution in [-0.2, 0) is 13.0 Å². The quantitative estimate of drug-likeness (QED) is 0.888. The number of nitrogens with zero attached hydrogens (tertiary/aromatic N) is 1. The Kier molecular flexibility index (Phi) is 5.17. The minimum Gasteiger partial charge on any atom is -0.497 e. The van der Waals surface area contributed by atoms with Crippen LogP contribution in [0.5, 0.6) is 5.75 Å². The van der Waals surface area contributed by atoms with E-state index in [1.165, 1.54) is 0 Å². The van der Waals surface area contributed by atoms with Crippen LogP contribution in [0.4, 0.5) is 10.1 Å². The third-order valence-corrected chi connectivity index (χ3v) is 3.41. The monoisotopic (exact) mass is 288 g/mol. The van der Waals surface area contributed by atoms with Crippen molar-refractivity contribution in [3.63, 3.8) is 0 Å². The lowest BCUT2D eigenvalue weighted by Crippen LogP contribution is -2.18. The summed E-state index contributed by atoms with van der Waals surface area (Å²) in [5.74, 6) is 0.589. The molecule has 0 aliphatic carbocycles. The standard InChI is InChI=1S/C17H21FN2O/c1-20(12-14-4-3-5-15(10-14)21-2)17-7-6-13(8-9-19)11-16(17)18/h3-7,10-11H,8-9,12,19H2,1-2H3. The Balaban J connectivity index is 2.14. The maximum atomic E-state index is 14.2. The van der Waals surface area contributed by atoms with E-state index < -0.39 is 0 Å². The van der Waals surface area contributed by atoms with Gasteiger partial charge in [-0.1, -0.05) is 18.2 Å². The van der Waals surface area contributed by atoms with Crippen molar-refractivity contribution in [1.82, 2.24) is 0 Å². The number of hydrogen-bond donors (Lipinski definition) is 1. The minimum atomic E-state index is -0.216. The summed E-state index contributed by atoms with van der Waals surface area (Å²) in [7, 11) is 3.51. The van der Waals surface area contributed by atoms with Gasteiger partial charge in [0.1, 0.15) is 11.6 Å². The molecule has 3 nitrogen and oxygen atoms in total. The van der Waals surface area contributed by atoms with Crippen molar-refractivity contribution >= 4 is 5.69 Å². The smallest absolute Gasteiger partial charge is 0.146 e. The molecular weight excluding hydrogens is 267 g/mol. The fraction of sp³-hybridized carbons (Fsp3) is 0.294. The van der Waals surface area contributed by atoms with Crippen LogP contribution >= 0.6 is 0 Å².